The van der Waals surface area contributed by atoms with Gasteiger partial charge < -0.3 is 9.80 Å². The zero-order valence-electron chi connectivity index (χ0n) is 14.9. The molecule has 1 aliphatic heterocycles. The van der Waals surface area contributed by atoms with Crippen LogP contribution in [0.25, 0.3) is 0 Å². The first-order valence-corrected chi connectivity index (χ1v) is 9.75. The lowest BCUT2D eigenvalue weighted by Crippen LogP contribution is -2.48. The van der Waals surface area contributed by atoms with Gasteiger partial charge in [0.15, 0.2) is 0 Å². The van der Waals surface area contributed by atoms with E-state index in [0.717, 1.165) is 28.7 Å². The van der Waals surface area contributed by atoms with Crippen LogP contribution >= 0.6 is 11.8 Å². The predicted octanol–water partition coefficient (Wildman–Crippen LogP) is 3.59. The molecule has 0 spiro atoms. The molecule has 3 heterocycles. The number of piperazine rings is 1. The molecule has 3 aromatic rings. The number of rotatable bonds is 4. The van der Waals surface area contributed by atoms with E-state index < -0.39 is 0 Å². The number of anilines is 1. The third kappa shape index (κ3) is 4.11. The van der Waals surface area contributed by atoms with E-state index in [1.165, 1.54) is 11.8 Å². The first kappa shape index (κ1) is 17.5. The van der Waals surface area contributed by atoms with E-state index in [9.17, 15) is 4.79 Å². The Morgan fingerprint density at radius 2 is 1.59 bits per heavy atom. The molecule has 0 aliphatic carbocycles. The molecular formula is C21H20N4OS. The Morgan fingerprint density at radius 3 is 2.33 bits per heavy atom. The molecule has 2 aromatic heterocycles. The van der Waals surface area contributed by atoms with E-state index in [1.807, 2.05) is 59.5 Å². The summed E-state index contributed by atoms with van der Waals surface area (Å²) >= 11 is 1.53. The van der Waals surface area contributed by atoms with E-state index >= 15 is 0 Å². The molecule has 0 bridgehead atoms. The van der Waals surface area contributed by atoms with Gasteiger partial charge >= 0.3 is 0 Å². The molecule has 0 N–H and O–H groups in total. The number of nitrogens with zero attached hydrogens (tertiary/aromatic N) is 4. The lowest BCUT2D eigenvalue weighted by Gasteiger charge is -2.36. The Hall–Kier alpha value is -2.86. The van der Waals surface area contributed by atoms with Gasteiger partial charge in [0.25, 0.3) is 5.91 Å². The average molecular weight is 376 g/mol. The summed E-state index contributed by atoms with van der Waals surface area (Å²) in [6, 6.07) is 17.7. The fraction of sp³-hybridized carbons (Fsp3) is 0.190. The number of hydrogen-bond acceptors (Lipinski definition) is 5. The SMILES string of the molecule is O=C(c1cccnc1Sc1ccccc1)N1CCN(c2ccncc2)CC1. The smallest absolute Gasteiger partial charge is 0.256 e. The van der Waals surface area contributed by atoms with Crippen LogP contribution in [0.1, 0.15) is 10.4 Å². The van der Waals surface area contributed by atoms with E-state index in [1.54, 1.807) is 18.6 Å². The highest BCUT2D eigenvalue weighted by atomic mass is 32.2. The van der Waals surface area contributed by atoms with E-state index in [4.69, 9.17) is 0 Å². The maximum atomic E-state index is 13.1. The second-order valence-corrected chi connectivity index (χ2v) is 7.32. The van der Waals surface area contributed by atoms with Crippen LogP contribution in [-0.4, -0.2) is 47.0 Å². The zero-order chi connectivity index (χ0) is 18.5. The highest BCUT2D eigenvalue weighted by Crippen LogP contribution is 2.29. The maximum absolute atomic E-state index is 13.1. The molecule has 1 saturated heterocycles. The number of pyridine rings is 2. The number of amides is 1. The quantitative estimate of drug-likeness (QED) is 0.696. The van der Waals surface area contributed by atoms with Crippen molar-refractivity contribution in [3.63, 3.8) is 0 Å². The third-order valence-electron chi connectivity index (χ3n) is 4.55. The van der Waals surface area contributed by atoms with E-state index in [2.05, 4.69) is 14.9 Å². The van der Waals surface area contributed by atoms with Gasteiger partial charge in [-0.3, -0.25) is 9.78 Å². The summed E-state index contributed by atoms with van der Waals surface area (Å²) in [6.45, 7) is 3.03. The second kappa shape index (κ2) is 8.22. The van der Waals surface area contributed by atoms with Crippen LogP contribution in [0.3, 0.4) is 0 Å². The maximum Gasteiger partial charge on any atom is 0.256 e. The molecule has 5 nitrogen and oxygen atoms in total. The van der Waals surface area contributed by atoms with Gasteiger partial charge in [-0.25, -0.2) is 4.98 Å². The Bertz CT molecular complexity index is 896. The minimum atomic E-state index is 0.0518. The number of carbonyl (C=O) groups is 1. The van der Waals surface area contributed by atoms with Gasteiger partial charge in [0, 0.05) is 55.4 Å². The lowest BCUT2D eigenvalue weighted by atomic mass is 10.2. The second-order valence-electron chi connectivity index (χ2n) is 6.26. The van der Waals surface area contributed by atoms with Gasteiger partial charge in [0.2, 0.25) is 0 Å². The molecule has 1 aliphatic rings. The predicted molar refractivity (Wildman–Crippen MR) is 107 cm³/mol. The Kier molecular flexibility index (Phi) is 5.34. The van der Waals surface area contributed by atoms with E-state index in [-0.39, 0.29) is 5.91 Å². The summed E-state index contributed by atoms with van der Waals surface area (Å²) < 4.78 is 0. The van der Waals surface area contributed by atoms with Crippen molar-refractivity contribution >= 4 is 23.4 Å². The largest absolute Gasteiger partial charge is 0.368 e. The van der Waals surface area contributed by atoms with Crippen LogP contribution in [0.15, 0.2) is 83.1 Å². The topological polar surface area (TPSA) is 49.3 Å². The summed E-state index contributed by atoms with van der Waals surface area (Å²) in [5, 5.41) is 0.755. The highest BCUT2D eigenvalue weighted by Gasteiger charge is 2.24. The van der Waals surface area contributed by atoms with Crippen LogP contribution in [0.4, 0.5) is 5.69 Å². The Morgan fingerprint density at radius 1 is 0.852 bits per heavy atom. The minimum absolute atomic E-state index is 0.0518. The van der Waals surface area contributed by atoms with Crippen LogP contribution in [0, 0.1) is 0 Å². The summed E-state index contributed by atoms with van der Waals surface area (Å²) in [5.41, 5.74) is 1.82. The number of aromatic nitrogens is 2. The Labute approximate surface area is 163 Å². The van der Waals surface area contributed by atoms with Crippen molar-refractivity contribution in [2.24, 2.45) is 0 Å². The van der Waals surface area contributed by atoms with Crippen molar-refractivity contribution in [3.8, 4) is 0 Å². The highest BCUT2D eigenvalue weighted by molar-refractivity contribution is 7.99. The number of benzene rings is 1. The Balaban J connectivity index is 1.46. The fourth-order valence-electron chi connectivity index (χ4n) is 3.13. The normalized spacial score (nSPS) is 14.2. The van der Waals surface area contributed by atoms with Gasteiger partial charge in [-0.15, -0.1) is 0 Å². The van der Waals surface area contributed by atoms with Crippen LogP contribution in [-0.2, 0) is 0 Å². The number of hydrogen-bond donors (Lipinski definition) is 0. The molecule has 6 heteroatoms. The van der Waals surface area contributed by atoms with Crippen LogP contribution in [0.5, 0.6) is 0 Å². The molecule has 136 valence electrons. The molecule has 1 aromatic carbocycles. The van der Waals surface area contributed by atoms with Gasteiger partial charge in [0.05, 0.1) is 5.56 Å². The summed E-state index contributed by atoms with van der Waals surface area (Å²) in [5.74, 6) is 0.0518. The monoisotopic (exact) mass is 376 g/mol. The first-order chi connectivity index (χ1) is 13.3. The summed E-state index contributed by atoms with van der Waals surface area (Å²) in [6.07, 6.45) is 5.34. The van der Waals surface area contributed by atoms with Crippen molar-refractivity contribution in [1.82, 2.24) is 14.9 Å². The van der Waals surface area contributed by atoms with Crippen molar-refractivity contribution in [2.45, 2.75) is 9.92 Å². The van der Waals surface area contributed by atoms with Crippen LogP contribution < -0.4 is 4.90 Å². The molecule has 0 radical (unpaired) electrons. The average Bonchev–Trinajstić information content (AvgIpc) is 2.75. The van der Waals surface area contributed by atoms with Gasteiger partial charge in [-0.1, -0.05) is 30.0 Å². The van der Waals surface area contributed by atoms with Gasteiger partial charge in [0.1, 0.15) is 5.03 Å². The van der Waals surface area contributed by atoms with Gasteiger partial charge in [-0.2, -0.15) is 0 Å². The summed E-state index contributed by atoms with van der Waals surface area (Å²) in [4.78, 5) is 26.9. The molecular weight excluding hydrogens is 356 g/mol. The van der Waals surface area contributed by atoms with E-state index in [0.29, 0.717) is 18.7 Å². The lowest BCUT2D eigenvalue weighted by molar-refractivity contribution is 0.0742. The number of carbonyl (C=O) groups excluding carboxylic acids is 1. The minimum Gasteiger partial charge on any atom is -0.368 e. The third-order valence-corrected chi connectivity index (χ3v) is 5.58. The molecule has 1 fully saturated rings. The fourth-order valence-corrected chi connectivity index (χ4v) is 4.02. The van der Waals surface area contributed by atoms with Crippen LogP contribution in [0.2, 0.25) is 0 Å². The molecule has 4 rings (SSSR count). The van der Waals surface area contributed by atoms with Crippen molar-refractivity contribution < 1.29 is 4.79 Å². The summed E-state index contributed by atoms with van der Waals surface area (Å²) in [7, 11) is 0. The molecule has 27 heavy (non-hydrogen) atoms. The molecule has 1 amide bonds. The molecule has 0 unspecified atom stereocenters. The molecule has 0 atom stereocenters. The molecule has 0 saturated carbocycles. The standard InChI is InChI=1S/C21H20N4OS/c26-21(25-15-13-24(14-16-25)17-8-11-22-12-9-17)19-7-4-10-23-20(19)27-18-5-2-1-3-6-18/h1-12H,13-16H2. The first-order valence-electron chi connectivity index (χ1n) is 8.93. The van der Waals surface area contributed by atoms with Crippen molar-refractivity contribution in [3.05, 3.63) is 78.8 Å². The zero-order valence-corrected chi connectivity index (χ0v) is 15.7. The van der Waals surface area contributed by atoms with Gasteiger partial charge in [-0.05, 0) is 36.4 Å². The van der Waals surface area contributed by atoms with Crippen molar-refractivity contribution in [1.29, 1.82) is 0 Å². The van der Waals surface area contributed by atoms with Crippen molar-refractivity contribution in [2.75, 3.05) is 31.1 Å².